The molecule has 0 saturated carbocycles. The predicted molar refractivity (Wildman–Crippen MR) is 196 cm³/mol. The minimum atomic E-state index is 0.917. The molecule has 3 nitrogen and oxygen atoms in total. The Labute approximate surface area is 271 Å². The van der Waals surface area contributed by atoms with Gasteiger partial charge in [0.15, 0.2) is 0 Å². The third kappa shape index (κ3) is 3.93. The molecule has 0 aliphatic carbocycles. The zero-order chi connectivity index (χ0) is 30.9. The summed E-state index contributed by atoms with van der Waals surface area (Å²) in [6, 6.07) is 58.5. The van der Waals surface area contributed by atoms with Crippen LogP contribution in [0.4, 0.5) is 0 Å². The van der Waals surface area contributed by atoms with Crippen LogP contribution in [0.25, 0.3) is 88.3 Å². The van der Waals surface area contributed by atoms with E-state index in [9.17, 15) is 0 Å². The van der Waals surface area contributed by atoms with Gasteiger partial charge in [-0.2, -0.15) is 0 Å². The molecule has 3 aromatic heterocycles. The van der Waals surface area contributed by atoms with Crippen LogP contribution < -0.4 is 0 Å². The molecule has 0 aliphatic rings. The summed E-state index contributed by atoms with van der Waals surface area (Å²) in [5, 5.41) is 6.02. The predicted octanol–water partition coefficient (Wildman–Crippen LogP) is 12.0. The first-order valence-electron chi connectivity index (χ1n) is 16.0. The van der Waals surface area contributed by atoms with Crippen LogP contribution in [0.15, 0.2) is 174 Å². The van der Waals surface area contributed by atoms with E-state index >= 15 is 0 Å². The van der Waals surface area contributed by atoms with E-state index < -0.39 is 0 Å². The topological polar surface area (TPSA) is 23.0 Å². The zero-order valence-corrected chi connectivity index (χ0v) is 25.5. The molecular weight excluding hydrogens is 572 g/mol. The van der Waals surface area contributed by atoms with E-state index in [2.05, 4.69) is 167 Å². The zero-order valence-electron chi connectivity index (χ0n) is 25.5. The van der Waals surface area contributed by atoms with Crippen LogP contribution in [0.3, 0.4) is 0 Å². The Morgan fingerprint density at radius 2 is 1.06 bits per heavy atom. The van der Waals surface area contributed by atoms with Gasteiger partial charge >= 0.3 is 0 Å². The maximum Gasteiger partial charge on any atom is 0.143 e. The summed E-state index contributed by atoms with van der Waals surface area (Å²) in [4.78, 5) is 0. The number of hydrogen-bond acceptors (Lipinski definition) is 1. The molecule has 10 aromatic rings. The first kappa shape index (κ1) is 26.0. The van der Waals surface area contributed by atoms with Crippen molar-refractivity contribution in [1.82, 2.24) is 9.13 Å². The molecule has 0 saturated heterocycles. The van der Waals surface area contributed by atoms with Gasteiger partial charge in [-0.3, -0.25) is 0 Å². The number of hydrogen-bond donors (Lipinski definition) is 0. The molecule has 3 heteroatoms. The van der Waals surface area contributed by atoms with Gasteiger partial charge in [0.05, 0.1) is 16.6 Å². The molecule has 7 aromatic carbocycles. The second kappa shape index (κ2) is 10.1. The number of furan rings is 1. The molecule has 220 valence electrons. The van der Waals surface area contributed by atoms with E-state index in [1.165, 1.54) is 43.8 Å². The van der Waals surface area contributed by atoms with Crippen molar-refractivity contribution in [3.8, 4) is 33.6 Å². The van der Waals surface area contributed by atoms with Gasteiger partial charge in [0, 0.05) is 50.1 Å². The molecule has 0 bridgehead atoms. The van der Waals surface area contributed by atoms with E-state index in [1.54, 1.807) is 0 Å². The number of para-hydroxylation sites is 3. The van der Waals surface area contributed by atoms with Crippen molar-refractivity contribution < 1.29 is 4.42 Å². The normalized spacial score (nSPS) is 11.8. The Hall–Kier alpha value is -6.32. The van der Waals surface area contributed by atoms with Gasteiger partial charge in [-0.15, -0.1) is 0 Å². The highest BCUT2D eigenvalue weighted by Gasteiger charge is 2.18. The second-order valence-electron chi connectivity index (χ2n) is 12.2. The van der Waals surface area contributed by atoms with Gasteiger partial charge < -0.3 is 13.6 Å². The van der Waals surface area contributed by atoms with E-state index in [-0.39, 0.29) is 0 Å². The third-order valence-electron chi connectivity index (χ3n) is 9.60. The first-order valence-corrected chi connectivity index (χ1v) is 16.0. The number of rotatable bonds is 4. The summed E-state index contributed by atoms with van der Waals surface area (Å²) >= 11 is 0. The fourth-order valence-electron chi connectivity index (χ4n) is 7.38. The fourth-order valence-corrected chi connectivity index (χ4v) is 7.38. The van der Waals surface area contributed by atoms with Crippen LogP contribution >= 0.6 is 0 Å². The maximum absolute atomic E-state index is 6.36. The molecule has 0 unspecified atom stereocenters. The lowest BCUT2D eigenvalue weighted by Crippen LogP contribution is -1.95. The maximum atomic E-state index is 6.36. The average molecular weight is 601 g/mol. The highest BCUT2D eigenvalue weighted by atomic mass is 16.3. The standard InChI is InChI=1S/C44H28N2O/c1-2-9-29(10-3-1)30-17-21-32(22-18-30)45-28-27-39-40(45)26-25-37-35-11-4-6-15-41(35)46(43(37)39)33-23-19-31(20-24-33)34-13-8-14-38-36-12-5-7-16-42(36)47-44(34)38/h1-28H. The third-order valence-corrected chi connectivity index (χ3v) is 9.60. The van der Waals surface area contributed by atoms with E-state index in [1.807, 2.05) is 12.1 Å². The Morgan fingerprint density at radius 3 is 1.91 bits per heavy atom. The molecule has 0 amide bonds. The Kier molecular flexibility index (Phi) is 5.57. The molecular formula is C44H28N2O. The molecule has 0 atom stereocenters. The first-order chi connectivity index (χ1) is 23.3. The highest BCUT2D eigenvalue weighted by Crippen LogP contribution is 2.39. The summed E-state index contributed by atoms with van der Waals surface area (Å²) in [6.45, 7) is 0. The lowest BCUT2D eigenvalue weighted by Gasteiger charge is -2.11. The van der Waals surface area contributed by atoms with Crippen LogP contribution in [-0.2, 0) is 0 Å². The van der Waals surface area contributed by atoms with Crippen LogP contribution in [0, 0.1) is 0 Å². The van der Waals surface area contributed by atoms with Gasteiger partial charge in [0.2, 0.25) is 0 Å². The molecule has 47 heavy (non-hydrogen) atoms. The van der Waals surface area contributed by atoms with Crippen LogP contribution in [0.5, 0.6) is 0 Å². The number of nitrogens with zero attached hydrogens (tertiary/aromatic N) is 2. The smallest absolute Gasteiger partial charge is 0.143 e. The molecule has 10 rings (SSSR count). The van der Waals surface area contributed by atoms with Crippen LogP contribution in [0.2, 0.25) is 0 Å². The largest absolute Gasteiger partial charge is 0.455 e. The Bertz CT molecular complexity index is 2760. The lowest BCUT2D eigenvalue weighted by molar-refractivity contribution is 0.670. The fraction of sp³-hybridized carbons (Fsp3) is 0. The van der Waals surface area contributed by atoms with E-state index in [0.29, 0.717) is 0 Å². The van der Waals surface area contributed by atoms with Crippen LogP contribution in [-0.4, -0.2) is 9.13 Å². The quantitative estimate of drug-likeness (QED) is 0.197. The molecule has 0 aliphatic heterocycles. The molecule has 0 fully saturated rings. The highest BCUT2D eigenvalue weighted by molar-refractivity contribution is 6.18. The van der Waals surface area contributed by atoms with Crippen molar-refractivity contribution in [1.29, 1.82) is 0 Å². The van der Waals surface area contributed by atoms with Gasteiger partial charge in [-0.1, -0.05) is 115 Å². The van der Waals surface area contributed by atoms with Crippen molar-refractivity contribution in [2.24, 2.45) is 0 Å². The van der Waals surface area contributed by atoms with Crippen molar-refractivity contribution >= 4 is 54.6 Å². The number of aromatic nitrogens is 2. The molecule has 0 spiro atoms. The minimum absolute atomic E-state index is 0.917. The van der Waals surface area contributed by atoms with Gasteiger partial charge in [-0.05, 0) is 65.2 Å². The average Bonchev–Trinajstić information content (AvgIpc) is 3.84. The summed E-state index contributed by atoms with van der Waals surface area (Å²) in [7, 11) is 0. The second-order valence-corrected chi connectivity index (χ2v) is 12.2. The van der Waals surface area contributed by atoms with Crippen LogP contribution in [0.1, 0.15) is 0 Å². The lowest BCUT2D eigenvalue weighted by atomic mass is 10.0. The summed E-state index contributed by atoms with van der Waals surface area (Å²) in [5.74, 6) is 0. The Morgan fingerprint density at radius 1 is 0.383 bits per heavy atom. The van der Waals surface area contributed by atoms with Crippen molar-refractivity contribution in [3.05, 3.63) is 170 Å². The number of fused-ring (bicyclic) bond motifs is 8. The van der Waals surface area contributed by atoms with Crippen molar-refractivity contribution in [2.45, 2.75) is 0 Å². The molecule has 0 radical (unpaired) electrons. The van der Waals surface area contributed by atoms with Gasteiger partial charge in [0.1, 0.15) is 11.2 Å². The molecule has 3 heterocycles. The summed E-state index contributed by atoms with van der Waals surface area (Å²) in [6.07, 6.45) is 2.20. The SMILES string of the molecule is c1ccc(-c2ccc(-n3ccc4c3ccc3c5ccccc5n(-c5ccc(-c6cccc7c6oc6ccccc67)cc5)c34)cc2)cc1. The van der Waals surface area contributed by atoms with E-state index in [4.69, 9.17) is 4.42 Å². The summed E-state index contributed by atoms with van der Waals surface area (Å²) < 4.78 is 11.1. The number of benzene rings is 7. The molecule has 0 N–H and O–H groups in total. The van der Waals surface area contributed by atoms with Crippen molar-refractivity contribution in [3.63, 3.8) is 0 Å². The van der Waals surface area contributed by atoms with E-state index in [0.717, 1.165) is 44.4 Å². The monoisotopic (exact) mass is 600 g/mol. The minimum Gasteiger partial charge on any atom is -0.455 e. The summed E-state index contributed by atoms with van der Waals surface area (Å²) in [5.41, 5.74) is 12.4. The Balaban J connectivity index is 1.12. The van der Waals surface area contributed by atoms with Crippen molar-refractivity contribution in [2.75, 3.05) is 0 Å². The van der Waals surface area contributed by atoms with Gasteiger partial charge in [-0.25, -0.2) is 0 Å². The van der Waals surface area contributed by atoms with Gasteiger partial charge in [0.25, 0.3) is 0 Å².